The SMILES string of the molecule is CC[C@H](N)C(=O)NC1CCCN(C)C1=O. The van der Waals surface area contributed by atoms with E-state index in [2.05, 4.69) is 5.32 Å². The maximum atomic E-state index is 11.6. The van der Waals surface area contributed by atoms with E-state index < -0.39 is 6.04 Å². The molecule has 1 unspecified atom stereocenters. The van der Waals surface area contributed by atoms with Gasteiger partial charge in [0.15, 0.2) is 0 Å². The van der Waals surface area contributed by atoms with Gasteiger partial charge >= 0.3 is 0 Å². The van der Waals surface area contributed by atoms with E-state index in [9.17, 15) is 9.59 Å². The lowest BCUT2D eigenvalue weighted by molar-refractivity contribution is -0.137. The van der Waals surface area contributed by atoms with E-state index in [4.69, 9.17) is 5.73 Å². The molecule has 2 amide bonds. The zero-order valence-corrected chi connectivity index (χ0v) is 9.32. The lowest BCUT2D eigenvalue weighted by Gasteiger charge is -2.30. The van der Waals surface area contributed by atoms with Crippen LogP contribution in [0, 0.1) is 0 Å². The number of amides is 2. The van der Waals surface area contributed by atoms with Crippen LogP contribution in [0.5, 0.6) is 0 Å². The summed E-state index contributed by atoms with van der Waals surface area (Å²) in [5.41, 5.74) is 5.58. The first-order valence-corrected chi connectivity index (χ1v) is 5.37. The van der Waals surface area contributed by atoms with Gasteiger partial charge in [-0.05, 0) is 19.3 Å². The van der Waals surface area contributed by atoms with Gasteiger partial charge in [-0.3, -0.25) is 9.59 Å². The van der Waals surface area contributed by atoms with Crippen molar-refractivity contribution in [3.05, 3.63) is 0 Å². The molecule has 15 heavy (non-hydrogen) atoms. The summed E-state index contributed by atoms with van der Waals surface area (Å²) in [5, 5.41) is 2.69. The Hall–Kier alpha value is -1.10. The highest BCUT2D eigenvalue weighted by atomic mass is 16.2. The molecule has 0 bridgehead atoms. The van der Waals surface area contributed by atoms with Gasteiger partial charge in [0.25, 0.3) is 0 Å². The van der Waals surface area contributed by atoms with Gasteiger partial charge in [-0.2, -0.15) is 0 Å². The lowest BCUT2D eigenvalue weighted by Crippen LogP contribution is -2.54. The van der Waals surface area contributed by atoms with Gasteiger partial charge in [0, 0.05) is 13.6 Å². The molecule has 1 aliphatic rings. The summed E-state index contributed by atoms with van der Waals surface area (Å²) in [4.78, 5) is 24.8. The minimum atomic E-state index is -0.509. The van der Waals surface area contributed by atoms with Crippen LogP contribution in [0.1, 0.15) is 26.2 Å². The number of likely N-dealkylation sites (tertiary alicyclic amines) is 1. The molecule has 1 heterocycles. The van der Waals surface area contributed by atoms with Crippen molar-refractivity contribution in [2.75, 3.05) is 13.6 Å². The molecule has 0 aromatic carbocycles. The minimum absolute atomic E-state index is 0.0158. The number of hydrogen-bond acceptors (Lipinski definition) is 3. The third kappa shape index (κ3) is 2.92. The Morgan fingerprint density at radius 1 is 1.73 bits per heavy atom. The molecule has 1 saturated heterocycles. The zero-order valence-electron chi connectivity index (χ0n) is 9.32. The number of rotatable bonds is 3. The standard InChI is InChI=1S/C10H19N3O2/c1-3-7(11)9(14)12-8-5-4-6-13(2)10(8)15/h7-8H,3-6,11H2,1-2H3,(H,12,14)/t7-,8?/m0/s1. The van der Waals surface area contributed by atoms with Gasteiger partial charge in [-0.15, -0.1) is 0 Å². The van der Waals surface area contributed by atoms with E-state index in [1.807, 2.05) is 6.92 Å². The van der Waals surface area contributed by atoms with Crippen LogP contribution in [0.2, 0.25) is 0 Å². The van der Waals surface area contributed by atoms with Crippen LogP contribution in [-0.4, -0.2) is 42.4 Å². The summed E-state index contributed by atoms with van der Waals surface area (Å²) in [6, 6.07) is -0.890. The van der Waals surface area contributed by atoms with Crippen LogP contribution >= 0.6 is 0 Å². The molecule has 3 N–H and O–H groups in total. The Morgan fingerprint density at radius 3 is 3.00 bits per heavy atom. The van der Waals surface area contributed by atoms with E-state index in [-0.39, 0.29) is 17.9 Å². The molecule has 0 aromatic heterocycles. The molecule has 0 aromatic rings. The first kappa shape index (κ1) is 12.0. The molecule has 0 aliphatic carbocycles. The van der Waals surface area contributed by atoms with Crippen molar-refractivity contribution in [3.63, 3.8) is 0 Å². The van der Waals surface area contributed by atoms with E-state index in [1.165, 1.54) is 0 Å². The fourth-order valence-electron chi connectivity index (χ4n) is 1.63. The highest BCUT2D eigenvalue weighted by Gasteiger charge is 2.28. The third-order valence-electron chi connectivity index (χ3n) is 2.75. The van der Waals surface area contributed by atoms with Crippen molar-refractivity contribution >= 4 is 11.8 Å². The topological polar surface area (TPSA) is 75.4 Å². The van der Waals surface area contributed by atoms with Crippen LogP contribution in [0.3, 0.4) is 0 Å². The minimum Gasteiger partial charge on any atom is -0.344 e. The maximum Gasteiger partial charge on any atom is 0.244 e. The largest absolute Gasteiger partial charge is 0.344 e. The number of carbonyl (C=O) groups excluding carboxylic acids is 2. The number of hydrogen-bond donors (Lipinski definition) is 2. The Labute approximate surface area is 90.0 Å². The number of nitrogens with one attached hydrogen (secondary N) is 1. The Morgan fingerprint density at radius 2 is 2.40 bits per heavy atom. The molecule has 1 fully saturated rings. The Kier molecular flexibility index (Phi) is 4.08. The monoisotopic (exact) mass is 213 g/mol. The van der Waals surface area contributed by atoms with E-state index in [1.54, 1.807) is 11.9 Å². The van der Waals surface area contributed by atoms with Crippen molar-refractivity contribution in [1.29, 1.82) is 0 Å². The number of nitrogens with zero attached hydrogens (tertiary/aromatic N) is 1. The van der Waals surface area contributed by atoms with Crippen molar-refractivity contribution < 1.29 is 9.59 Å². The lowest BCUT2D eigenvalue weighted by atomic mass is 10.0. The molecular formula is C10H19N3O2. The van der Waals surface area contributed by atoms with Gasteiger partial charge in [-0.25, -0.2) is 0 Å². The first-order valence-electron chi connectivity index (χ1n) is 5.37. The second-order valence-corrected chi connectivity index (χ2v) is 3.98. The summed E-state index contributed by atoms with van der Waals surface area (Å²) in [6.07, 6.45) is 2.22. The molecule has 1 rings (SSSR count). The van der Waals surface area contributed by atoms with E-state index in [0.29, 0.717) is 12.8 Å². The highest BCUT2D eigenvalue weighted by Crippen LogP contribution is 2.09. The van der Waals surface area contributed by atoms with Crippen molar-refractivity contribution in [3.8, 4) is 0 Å². The third-order valence-corrected chi connectivity index (χ3v) is 2.75. The maximum absolute atomic E-state index is 11.6. The van der Waals surface area contributed by atoms with Gasteiger partial charge in [-0.1, -0.05) is 6.92 Å². The van der Waals surface area contributed by atoms with Crippen molar-refractivity contribution in [2.45, 2.75) is 38.3 Å². The van der Waals surface area contributed by atoms with Crippen LogP contribution in [0.15, 0.2) is 0 Å². The van der Waals surface area contributed by atoms with Crippen LogP contribution < -0.4 is 11.1 Å². The molecule has 5 nitrogen and oxygen atoms in total. The highest BCUT2D eigenvalue weighted by molar-refractivity contribution is 5.89. The summed E-state index contributed by atoms with van der Waals surface area (Å²) in [5.74, 6) is -0.246. The van der Waals surface area contributed by atoms with E-state index >= 15 is 0 Å². The Bertz CT molecular complexity index is 255. The first-order chi connectivity index (χ1) is 7.06. The van der Waals surface area contributed by atoms with Crippen molar-refractivity contribution in [2.24, 2.45) is 5.73 Å². The number of carbonyl (C=O) groups is 2. The fourth-order valence-corrected chi connectivity index (χ4v) is 1.63. The molecule has 86 valence electrons. The van der Waals surface area contributed by atoms with Gasteiger partial charge in [0.05, 0.1) is 6.04 Å². The average molecular weight is 213 g/mol. The average Bonchev–Trinajstić information content (AvgIpc) is 2.23. The quantitative estimate of drug-likeness (QED) is 0.661. The summed E-state index contributed by atoms with van der Waals surface area (Å²) < 4.78 is 0. The molecule has 1 aliphatic heterocycles. The molecule has 2 atom stereocenters. The zero-order chi connectivity index (χ0) is 11.4. The molecule has 0 spiro atoms. The van der Waals surface area contributed by atoms with Crippen LogP contribution in [-0.2, 0) is 9.59 Å². The predicted octanol–water partition coefficient (Wildman–Crippen LogP) is -0.539. The normalized spacial score (nSPS) is 23.8. The number of likely N-dealkylation sites (N-methyl/N-ethyl adjacent to an activating group) is 1. The fraction of sp³-hybridized carbons (Fsp3) is 0.800. The molecular weight excluding hydrogens is 194 g/mol. The smallest absolute Gasteiger partial charge is 0.244 e. The molecule has 0 saturated carbocycles. The van der Waals surface area contributed by atoms with Gasteiger partial charge in [0.1, 0.15) is 6.04 Å². The number of nitrogens with two attached hydrogens (primary N) is 1. The van der Waals surface area contributed by atoms with E-state index in [0.717, 1.165) is 13.0 Å². The van der Waals surface area contributed by atoms with Crippen molar-refractivity contribution in [1.82, 2.24) is 10.2 Å². The number of piperidine rings is 1. The molecule has 0 radical (unpaired) electrons. The summed E-state index contributed by atoms with van der Waals surface area (Å²) in [6.45, 7) is 2.62. The van der Waals surface area contributed by atoms with Gasteiger partial charge in [0.2, 0.25) is 11.8 Å². The van der Waals surface area contributed by atoms with Crippen LogP contribution in [0.4, 0.5) is 0 Å². The second-order valence-electron chi connectivity index (χ2n) is 3.98. The second kappa shape index (κ2) is 5.11. The molecule has 5 heteroatoms. The van der Waals surface area contributed by atoms with Gasteiger partial charge < -0.3 is 16.0 Å². The van der Waals surface area contributed by atoms with Crippen LogP contribution in [0.25, 0.3) is 0 Å². The summed E-state index contributed by atoms with van der Waals surface area (Å²) in [7, 11) is 1.75. The summed E-state index contributed by atoms with van der Waals surface area (Å²) >= 11 is 0. The Balaban J connectivity index is 2.50. The predicted molar refractivity (Wildman–Crippen MR) is 57.1 cm³/mol.